The van der Waals surface area contributed by atoms with E-state index in [1.54, 1.807) is 0 Å². The molecular formula is C16H22N4. The number of hydrogen-bond donors (Lipinski definition) is 1. The third-order valence-electron chi connectivity index (χ3n) is 3.49. The SMILES string of the molecule is CCCc1c(N)ncnc1N(C)Cc1ccccc1C. The van der Waals surface area contributed by atoms with Gasteiger partial charge in [0.2, 0.25) is 0 Å². The second kappa shape index (κ2) is 6.37. The Hall–Kier alpha value is -2.10. The second-order valence-corrected chi connectivity index (χ2v) is 5.09. The number of benzene rings is 1. The quantitative estimate of drug-likeness (QED) is 0.907. The highest BCUT2D eigenvalue weighted by atomic mass is 15.2. The molecule has 0 spiro atoms. The molecule has 0 saturated heterocycles. The van der Waals surface area contributed by atoms with Crippen LogP contribution in [0.3, 0.4) is 0 Å². The van der Waals surface area contributed by atoms with Crippen LogP contribution in [0.15, 0.2) is 30.6 Å². The van der Waals surface area contributed by atoms with Gasteiger partial charge >= 0.3 is 0 Å². The lowest BCUT2D eigenvalue weighted by molar-refractivity contribution is 0.842. The van der Waals surface area contributed by atoms with Crippen molar-refractivity contribution < 1.29 is 0 Å². The second-order valence-electron chi connectivity index (χ2n) is 5.09. The normalized spacial score (nSPS) is 10.6. The van der Waals surface area contributed by atoms with Gasteiger partial charge in [0.05, 0.1) is 0 Å². The molecule has 0 amide bonds. The Morgan fingerprint density at radius 1 is 1.20 bits per heavy atom. The van der Waals surface area contributed by atoms with Crippen molar-refractivity contribution in [2.45, 2.75) is 33.2 Å². The van der Waals surface area contributed by atoms with Crippen molar-refractivity contribution in [3.8, 4) is 0 Å². The summed E-state index contributed by atoms with van der Waals surface area (Å²) in [7, 11) is 2.05. The Morgan fingerprint density at radius 3 is 2.65 bits per heavy atom. The molecule has 4 heteroatoms. The first kappa shape index (κ1) is 14.3. The van der Waals surface area contributed by atoms with Crippen molar-refractivity contribution in [3.05, 3.63) is 47.3 Å². The third-order valence-corrected chi connectivity index (χ3v) is 3.49. The van der Waals surface area contributed by atoms with E-state index in [-0.39, 0.29) is 0 Å². The van der Waals surface area contributed by atoms with Crippen LogP contribution in [0.25, 0.3) is 0 Å². The molecule has 0 radical (unpaired) electrons. The lowest BCUT2D eigenvalue weighted by Crippen LogP contribution is -2.21. The summed E-state index contributed by atoms with van der Waals surface area (Å²) in [6, 6.07) is 8.40. The maximum Gasteiger partial charge on any atom is 0.137 e. The smallest absolute Gasteiger partial charge is 0.137 e. The fraction of sp³-hybridized carbons (Fsp3) is 0.375. The van der Waals surface area contributed by atoms with Crippen molar-refractivity contribution >= 4 is 11.6 Å². The van der Waals surface area contributed by atoms with E-state index in [1.807, 2.05) is 7.05 Å². The Kier molecular flexibility index (Phi) is 4.56. The highest BCUT2D eigenvalue weighted by Gasteiger charge is 2.13. The maximum absolute atomic E-state index is 5.99. The van der Waals surface area contributed by atoms with Gasteiger partial charge in [0.25, 0.3) is 0 Å². The largest absolute Gasteiger partial charge is 0.383 e. The van der Waals surface area contributed by atoms with Gasteiger partial charge in [0, 0.05) is 19.2 Å². The first-order valence-corrected chi connectivity index (χ1v) is 6.98. The summed E-state index contributed by atoms with van der Waals surface area (Å²) >= 11 is 0. The van der Waals surface area contributed by atoms with Crippen LogP contribution in [0.5, 0.6) is 0 Å². The topological polar surface area (TPSA) is 55.0 Å². The number of nitrogen functional groups attached to an aromatic ring is 1. The number of rotatable bonds is 5. The van der Waals surface area contributed by atoms with Crippen molar-refractivity contribution in [3.63, 3.8) is 0 Å². The number of nitrogens with two attached hydrogens (primary N) is 1. The number of hydrogen-bond acceptors (Lipinski definition) is 4. The first-order valence-electron chi connectivity index (χ1n) is 6.98. The van der Waals surface area contributed by atoms with Crippen molar-refractivity contribution in [1.82, 2.24) is 9.97 Å². The van der Waals surface area contributed by atoms with Crippen LogP contribution >= 0.6 is 0 Å². The van der Waals surface area contributed by atoms with E-state index in [4.69, 9.17) is 5.73 Å². The lowest BCUT2D eigenvalue weighted by atomic mass is 10.1. The Bertz CT molecular complexity index is 580. The van der Waals surface area contributed by atoms with Crippen LogP contribution < -0.4 is 10.6 Å². The molecule has 2 rings (SSSR count). The average Bonchev–Trinajstić information content (AvgIpc) is 2.43. The molecule has 0 fully saturated rings. The minimum atomic E-state index is 0.591. The third kappa shape index (κ3) is 3.07. The van der Waals surface area contributed by atoms with Crippen LogP contribution in [-0.4, -0.2) is 17.0 Å². The van der Waals surface area contributed by atoms with Crippen LogP contribution in [0.1, 0.15) is 30.0 Å². The Labute approximate surface area is 120 Å². The molecular weight excluding hydrogens is 248 g/mol. The zero-order valence-electron chi connectivity index (χ0n) is 12.4. The number of aromatic nitrogens is 2. The van der Waals surface area contributed by atoms with E-state index in [0.717, 1.165) is 30.8 Å². The summed E-state index contributed by atoms with van der Waals surface area (Å²) in [5.41, 5.74) is 9.63. The summed E-state index contributed by atoms with van der Waals surface area (Å²) in [5, 5.41) is 0. The summed E-state index contributed by atoms with van der Waals surface area (Å²) in [6.07, 6.45) is 3.47. The standard InChI is InChI=1S/C16H22N4/c1-4-7-14-15(17)18-11-19-16(14)20(3)10-13-9-6-5-8-12(13)2/h5-6,8-9,11H,4,7,10H2,1-3H3,(H2,17,18,19). The summed E-state index contributed by atoms with van der Waals surface area (Å²) in [5.74, 6) is 1.52. The van der Waals surface area contributed by atoms with Gasteiger partial charge in [0.1, 0.15) is 18.0 Å². The van der Waals surface area contributed by atoms with Crippen molar-refractivity contribution in [2.75, 3.05) is 17.7 Å². The molecule has 20 heavy (non-hydrogen) atoms. The van der Waals surface area contributed by atoms with Gasteiger partial charge in [-0.3, -0.25) is 0 Å². The molecule has 0 aliphatic carbocycles. The predicted octanol–water partition coefficient (Wildman–Crippen LogP) is 2.96. The molecule has 0 aliphatic rings. The minimum absolute atomic E-state index is 0.591. The minimum Gasteiger partial charge on any atom is -0.383 e. The van der Waals surface area contributed by atoms with Gasteiger partial charge in [-0.1, -0.05) is 37.6 Å². The molecule has 2 N–H and O–H groups in total. The summed E-state index contributed by atoms with van der Waals surface area (Å²) in [6.45, 7) is 5.09. The molecule has 1 aromatic carbocycles. The van der Waals surface area contributed by atoms with E-state index in [1.165, 1.54) is 17.5 Å². The van der Waals surface area contributed by atoms with E-state index in [9.17, 15) is 0 Å². The van der Waals surface area contributed by atoms with Crippen LogP contribution in [0.2, 0.25) is 0 Å². The molecule has 0 aliphatic heterocycles. The number of anilines is 2. The molecule has 106 valence electrons. The Morgan fingerprint density at radius 2 is 1.95 bits per heavy atom. The molecule has 0 atom stereocenters. The molecule has 1 heterocycles. The molecule has 0 saturated carbocycles. The lowest BCUT2D eigenvalue weighted by Gasteiger charge is -2.22. The van der Waals surface area contributed by atoms with E-state index >= 15 is 0 Å². The van der Waals surface area contributed by atoms with Crippen molar-refractivity contribution in [1.29, 1.82) is 0 Å². The zero-order chi connectivity index (χ0) is 14.5. The maximum atomic E-state index is 5.99. The van der Waals surface area contributed by atoms with E-state index in [2.05, 4.69) is 53.0 Å². The van der Waals surface area contributed by atoms with Crippen LogP contribution in [0.4, 0.5) is 11.6 Å². The van der Waals surface area contributed by atoms with Crippen LogP contribution in [-0.2, 0) is 13.0 Å². The number of aryl methyl sites for hydroxylation is 1. The van der Waals surface area contributed by atoms with Gasteiger partial charge in [-0.15, -0.1) is 0 Å². The Balaban J connectivity index is 2.27. The van der Waals surface area contributed by atoms with Crippen LogP contribution in [0, 0.1) is 6.92 Å². The summed E-state index contributed by atoms with van der Waals surface area (Å²) < 4.78 is 0. The predicted molar refractivity (Wildman–Crippen MR) is 83.7 cm³/mol. The fourth-order valence-corrected chi connectivity index (χ4v) is 2.35. The van der Waals surface area contributed by atoms with Gasteiger partial charge < -0.3 is 10.6 Å². The average molecular weight is 270 g/mol. The molecule has 0 unspecified atom stereocenters. The zero-order valence-corrected chi connectivity index (χ0v) is 12.4. The monoisotopic (exact) mass is 270 g/mol. The van der Waals surface area contributed by atoms with Gasteiger partial charge in [-0.2, -0.15) is 0 Å². The molecule has 2 aromatic rings. The summed E-state index contributed by atoms with van der Waals surface area (Å²) in [4.78, 5) is 10.7. The fourth-order valence-electron chi connectivity index (χ4n) is 2.35. The highest BCUT2D eigenvalue weighted by molar-refractivity contribution is 5.56. The van der Waals surface area contributed by atoms with E-state index in [0.29, 0.717) is 5.82 Å². The number of nitrogens with zero attached hydrogens (tertiary/aromatic N) is 3. The molecule has 1 aromatic heterocycles. The van der Waals surface area contributed by atoms with Crippen molar-refractivity contribution in [2.24, 2.45) is 0 Å². The highest BCUT2D eigenvalue weighted by Crippen LogP contribution is 2.24. The van der Waals surface area contributed by atoms with Gasteiger partial charge in [0.15, 0.2) is 0 Å². The van der Waals surface area contributed by atoms with Gasteiger partial charge in [-0.25, -0.2) is 9.97 Å². The van der Waals surface area contributed by atoms with E-state index < -0.39 is 0 Å². The first-order chi connectivity index (χ1) is 9.63. The molecule has 0 bridgehead atoms. The van der Waals surface area contributed by atoms with Gasteiger partial charge in [-0.05, 0) is 24.5 Å². The molecule has 4 nitrogen and oxygen atoms in total.